The predicted octanol–water partition coefficient (Wildman–Crippen LogP) is 4.94. The van der Waals surface area contributed by atoms with E-state index < -0.39 is 18.4 Å². The molecule has 5 atom stereocenters. The van der Waals surface area contributed by atoms with E-state index in [4.69, 9.17) is 4.74 Å². The van der Waals surface area contributed by atoms with Gasteiger partial charge < -0.3 is 4.74 Å². The van der Waals surface area contributed by atoms with Gasteiger partial charge in [0, 0.05) is 7.11 Å². The van der Waals surface area contributed by atoms with Gasteiger partial charge in [0.05, 0.1) is 6.10 Å². The second kappa shape index (κ2) is 7.20. The molecular formula is C17H30F2O. The summed E-state index contributed by atoms with van der Waals surface area (Å²) in [6, 6.07) is 0. The molecule has 0 bridgehead atoms. The number of hydrogen-bond donors (Lipinski definition) is 0. The van der Waals surface area contributed by atoms with E-state index in [0.717, 1.165) is 24.7 Å². The van der Waals surface area contributed by atoms with Crippen LogP contribution in [0, 0.1) is 23.7 Å². The summed E-state index contributed by atoms with van der Waals surface area (Å²) in [6.07, 6.45) is 4.42. The van der Waals surface area contributed by atoms with Crippen LogP contribution in [0.1, 0.15) is 58.8 Å². The van der Waals surface area contributed by atoms with Crippen LogP contribution in [0.3, 0.4) is 0 Å². The fourth-order valence-electron chi connectivity index (χ4n) is 4.14. The van der Waals surface area contributed by atoms with Gasteiger partial charge in [-0.15, -0.1) is 0 Å². The average molecular weight is 288 g/mol. The summed E-state index contributed by atoms with van der Waals surface area (Å²) >= 11 is 0. The van der Waals surface area contributed by atoms with Gasteiger partial charge in [-0.2, -0.15) is 0 Å². The Morgan fingerprint density at radius 1 is 0.950 bits per heavy atom. The van der Waals surface area contributed by atoms with Gasteiger partial charge in [0.1, 0.15) is 6.17 Å². The zero-order valence-electron chi connectivity index (χ0n) is 13.2. The molecule has 0 heterocycles. The molecule has 0 radical (unpaired) electrons. The predicted molar refractivity (Wildman–Crippen MR) is 78.2 cm³/mol. The Bertz CT molecular complexity index is 289. The summed E-state index contributed by atoms with van der Waals surface area (Å²) in [4.78, 5) is 0. The first kappa shape index (κ1) is 16.2. The van der Waals surface area contributed by atoms with Crippen LogP contribution in [0.4, 0.5) is 8.78 Å². The van der Waals surface area contributed by atoms with Crippen LogP contribution >= 0.6 is 0 Å². The molecule has 0 aromatic carbocycles. The second-order valence-corrected chi connectivity index (χ2v) is 7.24. The van der Waals surface area contributed by atoms with Crippen LogP contribution in [0.15, 0.2) is 0 Å². The molecule has 0 N–H and O–H groups in total. The fraction of sp³-hybridized carbons (Fsp3) is 1.00. The topological polar surface area (TPSA) is 9.23 Å². The lowest BCUT2D eigenvalue weighted by atomic mass is 9.72. The Balaban J connectivity index is 1.82. The van der Waals surface area contributed by atoms with E-state index >= 15 is 0 Å². The number of ether oxygens (including phenoxy) is 1. The first-order valence-electron chi connectivity index (χ1n) is 8.33. The summed E-state index contributed by atoms with van der Waals surface area (Å²) in [6.45, 7) is 4.37. The van der Waals surface area contributed by atoms with Crippen LogP contribution in [0.25, 0.3) is 0 Å². The number of halogens is 2. The lowest BCUT2D eigenvalue weighted by Crippen LogP contribution is -2.46. The smallest absolute Gasteiger partial charge is 0.157 e. The van der Waals surface area contributed by atoms with E-state index in [0.29, 0.717) is 6.42 Å². The molecule has 0 aromatic heterocycles. The van der Waals surface area contributed by atoms with Crippen molar-refractivity contribution < 1.29 is 13.5 Å². The van der Waals surface area contributed by atoms with Gasteiger partial charge in [0.25, 0.3) is 0 Å². The number of alkyl halides is 2. The standard InChI is InChI=1S/C17H30F2O/c1-11-4-6-13(7-5-11)8-9-14-12(2)10-15(20-3)17(19)16(14)18/h11-17H,4-10H2,1-3H3. The molecule has 0 amide bonds. The third-order valence-corrected chi connectivity index (χ3v) is 5.75. The maximum atomic E-state index is 14.3. The first-order valence-corrected chi connectivity index (χ1v) is 8.33. The number of hydrogen-bond acceptors (Lipinski definition) is 1. The Morgan fingerprint density at radius 3 is 2.20 bits per heavy atom. The molecule has 118 valence electrons. The van der Waals surface area contributed by atoms with Crippen molar-refractivity contribution in [2.45, 2.75) is 77.2 Å². The SMILES string of the molecule is COC1CC(C)C(CCC2CCC(C)CC2)C(F)C1F. The summed E-state index contributed by atoms with van der Waals surface area (Å²) in [5.41, 5.74) is 0. The van der Waals surface area contributed by atoms with Crippen molar-refractivity contribution in [1.82, 2.24) is 0 Å². The molecule has 2 rings (SSSR count). The maximum absolute atomic E-state index is 14.3. The molecule has 3 heteroatoms. The van der Waals surface area contributed by atoms with E-state index in [1.807, 2.05) is 0 Å². The summed E-state index contributed by atoms with van der Waals surface area (Å²) in [7, 11) is 1.49. The summed E-state index contributed by atoms with van der Waals surface area (Å²) in [5.74, 6) is 1.70. The number of methoxy groups -OCH3 is 1. The van der Waals surface area contributed by atoms with Crippen LogP contribution in [-0.4, -0.2) is 25.6 Å². The van der Waals surface area contributed by atoms with E-state index in [9.17, 15) is 8.78 Å². The van der Waals surface area contributed by atoms with Crippen LogP contribution in [0.5, 0.6) is 0 Å². The van der Waals surface area contributed by atoms with Gasteiger partial charge in [-0.05, 0) is 36.5 Å². The van der Waals surface area contributed by atoms with Crippen molar-refractivity contribution in [1.29, 1.82) is 0 Å². The number of rotatable bonds is 4. The molecule has 0 saturated heterocycles. The van der Waals surface area contributed by atoms with Crippen molar-refractivity contribution in [3.05, 3.63) is 0 Å². The third-order valence-electron chi connectivity index (χ3n) is 5.75. The van der Waals surface area contributed by atoms with Crippen molar-refractivity contribution in [2.75, 3.05) is 7.11 Å². The molecule has 2 aliphatic carbocycles. The van der Waals surface area contributed by atoms with Gasteiger partial charge in [-0.1, -0.05) is 46.0 Å². The highest BCUT2D eigenvalue weighted by Crippen LogP contribution is 2.40. The van der Waals surface area contributed by atoms with Gasteiger partial charge in [-0.3, -0.25) is 0 Å². The zero-order chi connectivity index (χ0) is 14.7. The van der Waals surface area contributed by atoms with Gasteiger partial charge in [0.2, 0.25) is 0 Å². The average Bonchev–Trinajstić information content (AvgIpc) is 2.44. The van der Waals surface area contributed by atoms with E-state index in [-0.39, 0.29) is 11.8 Å². The van der Waals surface area contributed by atoms with Crippen molar-refractivity contribution >= 4 is 0 Å². The van der Waals surface area contributed by atoms with Crippen LogP contribution in [-0.2, 0) is 4.74 Å². The van der Waals surface area contributed by atoms with Crippen molar-refractivity contribution in [3.63, 3.8) is 0 Å². The monoisotopic (exact) mass is 288 g/mol. The minimum Gasteiger partial charge on any atom is -0.378 e. The maximum Gasteiger partial charge on any atom is 0.157 e. The molecule has 2 aliphatic rings. The Labute approximate surface area is 122 Å². The van der Waals surface area contributed by atoms with Gasteiger partial charge >= 0.3 is 0 Å². The molecular weight excluding hydrogens is 258 g/mol. The van der Waals surface area contributed by atoms with Gasteiger partial charge in [-0.25, -0.2) is 8.78 Å². The van der Waals surface area contributed by atoms with Crippen LogP contribution in [0.2, 0.25) is 0 Å². The molecule has 0 aromatic rings. The highest BCUT2D eigenvalue weighted by atomic mass is 19.2. The molecule has 0 spiro atoms. The lowest BCUT2D eigenvalue weighted by Gasteiger charge is -2.39. The quantitative estimate of drug-likeness (QED) is 0.712. The highest BCUT2D eigenvalue weighted by Gasteiger charge is 2.44. The Hall–Kier alpha value is -0.180. The third kappa shape index (κ3) is 3.72. The fourth-order valence-corrected chi connectivity index (χ4v) is 4.14. The molecule has 1 nitrogen and oxygen atoms in total. The second-order valence-electron chi connectivity index (χ2n) is 7.24. The minimum absolute atomic E-state index is 0.115. The first-order chi connectivity index (χ1) is 9.52. The van der Waals surface area contributed by atoms with Crippen molar-refractivity contribution in [2.24, 2.45) is 23.7 Å². The van der Waals surface area contributed by atoms with E-state index in [1.54, 1.807) is 0 Å². The van der Waals surface area contributed by atoms with Crippen molar-refractivity contribution in [3.8, 4) is 0 Å². The van der Waals surface area contributed by atoms with E-state index in [2.05, 4.69) is 13.8 Å². The Kier molecular flexibility index (Phi) is 5.83. The normalized spacial score (nSPS) is 46.4. The molecule has 2 saturated carbocycles. The largest absolute Gasteiger partial charge is 0.378 e. The molecule has 20 heavy (non-hydrogen) atoms. The van der Waals surface area contributed by atoms with E-state index in [1.165, 1.54) is 32.8 Å². The summed E-state index contributed by atoms with van der Waals surface area (Å²) in [5, 5.41) is 0. The molecule has 0 aliphatic heterocycles. The lowest BCUT2D eigenvalue weighted by molar-refractivity contribution is -0.0790. The van der Waals surface area contributed by atoms with Crippen LogP contribution < -0.4 is 0 Å². The summed E-state index contributed by atoms with van der Waals surface area (Å²) < 4.78 is 33.4. The zero-order valence-corrected chi connectivity index (χ0v) is 13.2. The van der Waals surface area contributed by atoms with Gasteiger partial charge in [0.15, 0.2) is 6.17 Å². The molecule has 2 fully saturated rings. The minimum atomic E-state index is -1.44. The molecule has 5 unspecified atom stereocenters. The Morgan fingerprint density at radius 2 is 1.60 bits per heavy atom. The highest BCUT2D eigenvalue weighted by molar-refractivity contribution is 4.92.